The van der Waals surface area contributed by atoms with Crippen molar-refractivity contribution in [2.75, 3.05) is 0 Å². The lowest BCUT2D eigenvalue weighted by atomic mass is 9.48. The van der Waals surface area contributed by atoms with Gasteiger partial charge >= 0.3 is 23.9 Å². The molecule has 8 nitrogen and oxygen atoms in total. The number of hydrogen-bond donors (Lipinski definition) is 0. The molecule has 354 valence electrons. The van der Waals surface area contributed by atoms with Gasteiger partial charge in [0.2, 0.25) is 0 Å². The van der Waals surface area contributed by atoms with E-state index < -0.39 is 22.0 Å². The first kappa shape index (κ1) is 65.7. The minimum atomic E-state index is -0.478. The standard InChI is InChI=1S/C21H34O4.C13H22O2.C11H22O2.6CH4/c1-7-19(5,6)16(22)25-21-11-14-8-15(12-21)10-20(9-14,13-21)17(23)24-18(2,3)4;1-5-12(2,3)11(14)15-13(4)9-7-6-8-10-13;1-7-10(3,4)9(12)13-11(5,6)8-2;;;;;;/h14-15H,7-13H2,1-6H3;6-7H,5,8-10H2,1-4H3;7-8H2,1-6H3;6*1H4. The fraction of sp³-hybridized carbons (Fsp3) is 0.882. The third-order valence-corrected chi connectivity index (χ3v) is 12.6. The summed E-state index contributed by atoms with van der Waals surface area (Å²) in [5.74, 6) is 0.600. The quantitative estimate of drug-likeness (QED) is 0.115. The SMILES string of the molecule is C.C.C.C.C.C.CCC(C)(C)C(=O)OC1(C)CC=CCC1.CCC(C)(C)C(=O)OC12CC3CC(C1)CC(C(=O)OC(C)(C)C)(C3)C2.CCC(C)(C)OC(=O)C(C)(C)CC. The van der Waals surface area contributed by atoms with E-state index in [1.165, 1.54) is 6.42 Å². The van der Waals surface area contributed by atoms with Gasteiger partial charge < -0.3 is 18.9 Å². The van der Waals surface area contributed by atoms with Gasteiger partial charge in [-0.2, -0.15) is 0 Å². The highest BCUT2D eigenvalue weighted by molar-refractivity contribution is 5.79. The van der Waals surface area contributed by atoms with Crippen molar-refractivity contribution >= 4 is 23.9 Å². The molecule has 0 N–H and O–H groups in total. The van der Waals surface area contributed by atoms with Crippen LogP contribution in [0.25, 0.3) is 0 Å². The molecule has 0 aromatic heterocycles. The summed E-state index contributed by atoms with van der Waals surface area (Å²) in [5, 5.41) is 0. The molecule has 4 fully saturated rings. The number of esters is 4. The second-order valence-corrected chi connectivity index (χ2v) is 20.6. The fourth-order valence-electron chi connectivity index (χ4n) is 7.55. The van der Waals surface area contributed by atoms with E-state index in [2.05, 4.69) is 12.2 Å². The van der Waals surface area contributed by atoms with E-state index in [0.29, 0.717) is 18.3 Å². The van der Waals surface area contributed by atoms with Crippen molar-refractivity contribution in [3.8, 4) is 0 Å². The van der Waals surface area contributed by atoms with Crippen molar-refractivity contribution in [3.05, 3.63) is 12.2 Å². The third-order valence-electron chi connectivity index (χ3n) is 12.6. The maximum atomic E-state index is 13.0. The molecule has 4 saturated carbocycles. The van der Waals surface area contributed by atoms with Crippen molar-refractivity contribution in [1.29, 1.82) is 0 Å². The Hall–Kier alpha value is -2.38. The van der Waals surface area contributed by atoms with Gasteiger partial charge in [-0.05, 0) is 166 Å². The van der Waals surface area contributed by atoms with Crippen LogP contribution in [0.15, 0.2) is 12.2 Å². The van der Waals surface area contributed by atoms with E-state index in [4.69, 9.17) is 18.9 Å². The summed E-state index contributed by atoms with van der Waals surface area (Å²) in [6.07, 6.45) is 15.7. The Kier molecular flexibility index (Phi) is 27.1. The summed E-state index contributed by atoms with van der Waals surface area (Å²) in [7, 11) is 0. The number of carbonyl (C=O) groups is 4. The average Bonchev–Trinajstić information content (AvgIpc) is 3.03. The van der Waals surface area contributed by atoms with Gasteiger partial charge in [0.05, 0.1) is 21.7 Å². The zero-order chi connectivity index (χ0) is 40.9. The van der Waals surface area contributed by atoms with Crippen LogP contribution in [0.2, 0.25) is 0 Å². The predicted octanol–water partition coefficient (Wildman–Crippen LogP) is 15.1. The Bertz CT molecular complexity index is 1300. The minimum Gasteiger partial charge on any atom is -0.460 e. The number of ether oxygens (including phenoxy) is 4. The normalized spacial score (nSPS) is 25.2. The van der Waals surface area contributed by atoms with Crippen molar-refractivity contribution < 1.29 is 38.1 Å². The van der Waals surface area contributed by atoms with Gasteiger partial charge in [0.1, 0.15) is 22.4 Å². The Labute approximate surface area is 367 Å². The number of hydrogen-bond acceptors (Lipinski definition) is 8. The molecular formula is C51H102O8. The predicted molar refractivity (Wildman–Crippen MR) is 252 cm³/mol. The molecule has 8 heteroatoms. The molecule has 59 heavy (non-hydrogen) atoms. The van der Waals surface area contributed by atoms with Crippen LogP contribution in [0.3, 0.4) is 0 Å². The third kappa shape index (κ3) is 18.2. The van der Waals surface area contributed by atoms with E-state index in [-0.39, 0.29) is 90.5 Å². The van der Waals surface area contributed by atoms with Gasteiger partial charge in [-0.1, -0.05) is 84.4 Å². The van der Waals surface area contributed by atoms with Crippen LogP contribution in [0.5, 0.6) is 0 Å². The molecule has 0 aromatic rings. The molecule has 3 unspecified atom stereocenters. The first-order valence-electron chi connectivity index (χ1n) is 20.6. The smallest absolute Gasteiger partial charge is 0.312 e. The van der Waals surface area contributed by atoms with Gasteiger partial charge in [-0.25, -0.2) is 0 Å². The molecule has 3 atom stereocenters. The molecule has 5 aliphatic rings. The van der Waals surface area contributed by atoms with E-state index in [1.807, 2.05) is 111 Å². The van der Waals surface area contributed by atoms with Gasteiger partial charge in [-0.15, -0.1) is 0 Å². The highest BCUT2D eigenvalue weighted by Crippen LogP contribution is 2.63. The minimum absolute atomic E-state index is 0. The molecule has 0 heterocycles. The van der Waals surface area contributed by atoms with Gasteiger partial charge in [0.15, 0.2) is 0 Å². The van der Waals surface area contributed by atoms with Crippen LogP contribution in [0.1, 0.15) is 239 Å². The summed E-state index contributed by atoms with van der Waals surface area (Å²) in [5.41, 5.74) is -3.17. The Morgan fingerprint density at radius 2 is 1.00 bits per heavy atom. The summed E-state index contributed by atoms with van der Waals surface area (Å²) in [6, 6.07) is 0. The first-order valence-corrected chi connectivity index (χ1v) is 20.6. The van der Waals surface area contributed by atoms with E-state index in [1.54, 1.807) is 0 Å². The molecule has 5 aliphatic carbocycles. The number of carbonyl (C=O) groups excluding carboxylic acids is 4. The topological polar surface area (TPSA) is 105 Å². The van der Waals surface area contributed by atoms with Crippen molar-refractivity contribution in [2.45, 2.75) is 261 Å². The largest absolute Gasteiger partial charge is 0.460 e. The highest BCUT2D eigenvalue weighted by Gasteiger charge is 2.63. The van der Waals surface area contributed by atoms with Gasteiger partial charge in [0, 0.05) is 12.8 Å². The molecule has 5 rings (SSSR count). The number of rotatable bonds is 11. The van der Waals surface area contributed by atoms with Crippen molar-refractivity contribution in [2.24, 2.45) is 33.5 Å². The maximum Gasteiger partial charge on any atom is 0.312 e. The summed E-state index contributed by atoms with van der Waals surface area (Å²) < 4.78 is 23.0. The molecule has 0 spiro atoms. The molecule has 0 aliphatic heterocycles. The van der Waals surface area contributed by atoms with E-state index in [0.717, 1.165) is 70.6 Å². The van der Waals surface area contributed by atoms with Gasteiger partial charge in [0.25, 0.3) is 0 Å². The second-order valence-electron chi connectivity index (χ2n) is 20.6. The second kappa shape index (κ2) is 24.3. The summed E-state index contributed by atoms with van der Waals surface area (Å²) >= 11 is 0. The van der Waals surface area contributed by atoms with E-state index >= 15 is 0 Å². The average molecular weight is 843 g/mol. The lowest BCUT2D eigenvalue weighted by Crippen LogP contribution is -2.61. The Balaban J connectivity index is -0.000000251. The summed E-state index contributed by atoms with van der Waals surface area (Å²) in [4.78, 5) is 49.3. The zero-order valence-electron chi connectivity index (χ0n) is 36.8. The van der Waals surface area contributed by atoms with Crippen molar-refractivity contribution in [3.63, 3.8) is 0 Å². The van der Waals surface area contributed by atoms with E-state index in [9.17, 15) is 19.2 Å². The monoisotopic (exact) mass is 843 g/mol. The maximum absolute atomic E-state index is 13.0. The molecular weight excluding hydrogens is 741 g/mol. The van der Waals surface area contributed by atoms with Crippen LogP contribution in [0.4, 0.5) is 0 Å². The molecule has 0 amide bonds. The van der Waals surface area contributed by atoms with Crippen molar-refractivity contribution in [1.82, 2.24) is 0 Å². The summed E-state index contributed by atoms with van der Waals surface area (Å²) in [6.45, 7) is 31.3. The highest BCUT2D eigenvalue weighted by atomic mass is 16.6. The van der Waals surface area contributed by atoms with Crippen LogP contribution in [-0.4, -0.2) is 46.3 Å². The first-order chi connectivity index (χ1) is 24.0. The Morgan fingerprint density at radius 3 is 1.37 bits per heavy atom. The molecule has 0 radical (unpaired) electrons. The molecule has 4 bridgehead atoms. The van der Waals surface area contributed by atoms with Crippen LogP contribution >= 0.6 is 0 Å². The van der Waals surface area contributed by atoms with Crippen LogP contribution < -0.4 is 0 Å². The Morgan fingerprint density at radius 1 is 0.576 bits per heavy atom. The lowest BCUT2D eigenvalue weighted by molar-refractivity contribution is -0.222. The fourth-order valence-corrected chi connectivity index (χ4v) is 7.55. The molecule has 0 saturated heterocycles. The lowest BCUT2D eigenvalue weighted by Gasteiger charge is -2.60. The van der Waals surface area contributed by atoms with Crippen LogP contribution in [-0.2, 0) is 38.1 Å². The van der Waals surface area contributed by atoms with Gasteiger partial charge in [-0.3, -0.25) is 19.2 Å². The van der Waals surface area contributed by atoms with Crippen LogP contribution in [0, 0.1) is 33.5 Å². The molecule has 0 aromatic carbocycles. The zero-order valence-corrected chi connectivity index (χ0v) is 36.8. The number of allylic oxidation sites excluding steroid dienone is 1.